The summed E-state index contributed by atoms with van der Waals surface area (Å²) < 4.78 is 0. The summed E-state index contributed by atoms with van der Waals surface area (Å²) in [4.78, 5) is 0. The average molecular weight is 89.9 g/mol. The number of hydrogen-bond donors (Lipinski definition) is 0. The maximum absolute atomic E-state index is 3.15. The van der Waals surface area contributed by atoms with Crippen LogP contribution in [0.15, 0.2) is 0 Å². The van der Waals surface area contributed by atoms with Gasteiger partial charge in [0.2, 0.25) is 0 Å². The van der Waals surface area contributed by atoms with E-state index in [2.05, 4.69) is 8.02 Å². The van der Waals surface area contributed by atoms with Gasteiger partial charge in [-0.3, -0.25) is 0 Å². The van der Waals surface area contributed by atoms with Crippen LogP contribution in [0.5, 0.6) is 0 Å². The third kappa shape index (κ3) is 2.58. The van der Waals surface area contributed by atoms with E-state index in [0.29, 0.717) is 0 Å². The summed E-state index contributed by atoms with van der Waals surface area (Å²) in [7, 11) is 4.69. The van der Waals surface area contributed by atoms with Crippen LogP contribution in [0.2, 0.25) is 6.82 Å². The molecule has 0 N–H and O–H groups in total. The van der Waals surface area contributed by atoms with Gasteiger partial charge in [-0.1, -0.05) is 0 Å². The number of hydrogen-bond acceptors (Lipinski definition) is 0. The molecule has 0 nitrogen and oxygen atoms in total. The first-order valence-electron chi connectivity index (χ1n) is 1.02. The van der Waals surface area contributed by atoms with Crippen molar-refractivity contribution in [3.8, 4) is 0 Å². The third-order valence-corrected chi connectivity index (χ3v) is 1.06. The van der Waals surface area contributed by atoms with Crippen molar-refractivity contribution in [2.45, 2.75) is 6.82 Å². The molecule has 0 amide bonds. The van der Waals surface area contributed by atoms with Crippen molar-refractivity contribution in [2.24, 2.45) is 0 Å². The molecule has 0 saturated carbocycles. The van der Waals surface area contributed by atoms with E-state index in [1.807, 2.05) is 13.0 Å². The van der Waals surface area contributed by atoms with E-state index < -0.39 is 0 Å². The molecule has 0 aliphatic rings. The van der Waals surface area contributed by atoms with Crippen molar-refractivity contribution in [3.63, 3.8) is 0 Å². The molecule has 0 bridgehead atoms. The van der Waals surface area contributed by atoms with Gasteiger partial charge in [0, 0.05) is 0 Å². The van der Waals surface area contributed by atoms with E-state index in [-0.39, 0.29) is 0 Å². The third-order valence-electron chi connectivity index (χ3n) is 0.118. The summed E-state index contributed by atoms with van der Waals surface area (Å²) in [6.07, 6.45) is 1.96. The van der Waals surface area contributed by atoms with Gasteiger partial charge >= 0.3 is 31.4 Å². The minimum atomic E-state index is 1.54. The van der Waals surface area contributed by atoms with Gasteiger partial charge in [-0.15, -0.1) is 0 Å². The van der Waals surface area contributed by atoms with Crippen molar-refractivity contribution in [3.05, 3.63) is 0 Å². The van der Waals surface area contributed by atoms with Crippen LogP contribution in [0, 0.1) is 0 Å². The minimum absolute atomic E-state index is 1.54. The first-order chi connectivity index (χ1) is 1.91. The molecule has 0 aromatic rings. The Kier molecular flexibility index (Phi) is 4.11. The van der Waals surface area contributed by atoms with Gasteiger partial charge in [-0.05, 0) is 0 Å². The van der Waals surface area contributed by atoms with Crippen LogP contribution in [0.3, 0.4) is 0 Å². The van der Waals surface area contributed by atoms with Crippen molar-refractivity contribution < 1.29 is 0 Å². The SMILES string of the molecule is CB=S=P. The first kappa shape index (κ1) is 4.58. The Morgan fingerprint density at radius 2 is 2.25 bits per heavy atom. The van der Waals surface area contributed by atoms with Crippen LogP contribution >= 0.6 is 8.02 Å². The van der Waals surface area contributed by atoms with Gasteiger partial charge in [0.1, 0.15) is 0 Å². The van der Waals surface area contributed by atoms with Gasteiger partial charge in [-0.2, -0.15) is 0 Å². The van der Waals surface area contributed by atoms with E-state index in [1.165, 1.54) is 10.4 Å². The molecule has 0 spiro atoms. The molecular formula is CH4BPS. The van der Waals surface area contributed by atoms with Crippen molar-refractivity contribution in [1.82, 2.24) is 0 Å². The molecule has 4 heavy (non-hydrogen) atoms. The summed E-state index contributed by atoms with van der Waals surface area (Å²) >= 11 is 0. The zero-order valence-electron chi connectivity index (χ0n) is 2.49. The quantitative estimate of drug-likeness (QED) is 0.304. The van der Waals surface area contributed by atoms with Gasteiger partial charge in [0.05, 0.1) is 0 Å². The fourth-order valence-corrected chi connectivity index (χ4v) is 0. The normalized spacial score (nSPS) is 4.25. The molecule has 0 saturated heterocycles. The van der Waals surface area contributed by atoms with Crippen LogP contribution in [-0.4, -0.2) is 6.15 Å². The first-order valence-corrected chi connectivity index (χ1v) is 3.12. The molecule has 0 rings (SSSR count). The summed E-state index contributed by atoms with van der Waals surface area (Å²) in [6, 6.07) is 0. The zero-order valence-corrected chi connectivity index (χ0v) is 4.30. The molecule has 0 aliphatic carbocycles. The molecule has 0 aliphatic heterocycles. The molecular weight excluding hydrogens is 85.9 g/mol. The fraction of sp³-hybridized carbons (Fsp3) is 1.00. The molecule has 3 heteroatoms. The second kappa shape index (κ2) is 3.58. The second-order valence-corrected chi connectivity index (χ2v) is 1.77. The molecule has 0 aromatic carbocycles. The fourth-order valence-electron chi connectivity index (χ4n) is 0. The van der Waals surface area contributed by atoms with Crippen molar-refractivity contribution in [1.29, 1.82) is 0 Å². The standard InChI is InChI=1S/CH4BPS/c1-2-4-3/h3H,1H3. The van der Waals surface area contributed by atoms with Crippen LogP contribution in [0.1, 0.15) is 0 Å². The van der Waals surface area contributed by atoms with Crippen molar-refractivity contribution >= 4 is 24.5 Å². The molecule has 0 heterocycles. The van der Waals surface area contributed by atoms with Gasteiger partial charge < -0.3 is 0 Å². The Morgan fingerprint density at radius 1 is 2.00 bits per heavy atom. The summed E-state index contributed by atoms with van der Waals surface area (Å²) in [5.41, 5.74) is 0. The average Bonchev–Trinajstić information content (AvgIpc) is 1.37. The Bertz CT molecular complexity index is 46.0. The van der Waals surface area contributed by atoms with Crippen LogP contribution < -0.4 is 0 Å². The Balaban J connectivity index is 3.11. The Labute approximate surface area is 32.1 Å². The predicted molar refractivity (Wildman–Crippen MR) is 27.3 cm³/mol. The van der Waals surface area contributed by atoms with Crippen LogP contribution in [-0.2, 0) is 10.4 Å². The molecule has 22 valence electrons. The van der Waals surface area contributed by atoms with Crippen LogP contribution in [0.25, 0.3) is 0 Å². The second-order valence-electron chi connectivity index (χ2n) is 0.354. The Morgan fingerprint density at radius 3 is 2.25 bits per heavy atom. The van der Waals surface area contributed by atoms with E-state index in [4.69, 9.17) is 0 Å². The van der Waals surface area contributed by atoms with E-state index >= 15 is 0 Å². The predicted octanol–water partition coefficient (Wildman–Crippen LogP) is 0.794. The summed E-state index contributed by atoms with van der Waals surface area (Å²) in [6.45, 7) is 1.97. The van der Waals surface area contributed by atoms with Crippen LogP contribution in [0.4, 0.5) is 0 Å². The topological polar surface area (TPSA) is 0 Å². The van der Waals surface area contributed by atoms with Crippen molar-refractivity contribution in [2.75, 3.05) is 0 Å². The molecule has 0 radical (unpaired) electrons. The number of rotatable bonds is 0. The van der Waals surface area contributed by atoms with Gasteiger partial charge in [0.15, 0.2) is 0 Å². The monoisotopic (exact) mass is 90.0 g/mol. The van der Waals surface area contributed by atoms with Gasteiger partial charge in [-0.25, -0.2) is 0 Å². The van der Waals surface area contributed by atoms with E-state index in [0.717, 1.165) is 0 Å². The molecule has 0 atom stereocenters. The zero-order chi connectivity index (χ0) is 3.41. The van der Waals surface area contributed by atoms with E-state index in [1.54, 1.807) is 0 Å². The van der Waals surface area contributed by atoms with Gasteiger partial charge in [0.25, 0.3) is 0 Å². The summed E-state index contributed by atoms with van der Waals surface area (Å²) in [5.74, 6) is 0. The molecule has 0 fully saturated rings. The Hall–Kier alpha value is 0.585. The maximum atomic E-state index is 3.15. The summed E-state index contributed by atoms with van der Waals surface area (Å²) in [5, 5.41) is 0. The van der Waals surface area contributed by atoms with E-state index in [9.17, 15) is 0 Å². The molecule has 0 aromatic heterocycles. The molecule has 0 unspecified atom stereocenters.